The second-order valence-corrected chi connectivity index (χ2v) is 3.07. The summed E-state index contributed by atoms with van der Waals surface area (Å²) in [5, 5.41) is 0. The van der Waals surface area contributed by atoms with Gasteiger partial charge in [0.15, 0.2) is 0 Å². The molecule has 0 bridgehead atoms. The van der Waals surface area contributed by atoms with Gasteiger partial charge in [-0.25, -0.2) is 9.21 Å². The molecule has 3 nitrogen and oxygen atoms in total. The molecule has 0 aromatic rings. The van der Waals surface area contributed by atoms with Gasteiger partial charge in [-0.15, -0.1) is 11.6 Å². The zero-order valence-corrected chi connectivity index (χ0v) is 6.95. The minimum Gasteiger partial charge on any atom is -0.446 e. The molecule has 1 fully saturated rings. The molecule has 1 aliphatic rings. The van der Waals surface area contributed by atoms with Gasteiger partial charge in [-0.05, 0) is 6.92 Å². The van der Waals surface area contributed by atoms with E-state index in [9.17, 15) is 4.79 Å². The second kappa shape index (κ2) is 2.47. The highest BCUT2D eigenvalue weighted by atomic mass is 35.5. The number of carbonyl (C=O) groups excluding carboxylic acids is 1. The molecule has 1 aliphatic heterocycles. The number of cyclic esters (lactones) is 1. The molecule has 1 saturated heterocycles. The van der Waals surface area contributed by atoms with Crippen LogP contribution in [0.15, 0.2) is 0 Å². The second-order valence-electron chi connectivity index (χ2n) is 2.47. The molecule has 1 rings (SSSR count). The van der Waals surface area contributed by atoms with Gasteiger partial charge >= 0.3 is 6.09 Å². The van der Waals surface area contributed by atoms with E-state index < -0.39 is 11.6 Å². The summed E-state index contributed by atoms with van der Waals surface area (Å²) in [6.45, 7) is 2.02. The lowest BCUT2D eigenvalue weighted by atomic mass is 10.1. The number of halogens is 2. The van der Waals surface area contributed by atoms with Crippen LogP contribution in [-0.4, -0.2) is 28.5 Å². The third kappa shape index (κ3) is 1.04. The van der Waals surface area contributed by atoms with Crippen LogP contribution in [0.2, 0.25) is 0 Å². The number of ether oxygens (including phenoxy) is 1. The van der Waals surface area contributed by atoms with E-state index >= 15 is 0 Å². The Labute approximate surface area is 68.9 Å². The summed E-state index contributed by atoms with van der Waals surface area (Å²) >= 11 is 11.1. The van der Waals surface area contributed by atoms with Crippen molar-refractivity contribution >= 4 is 29.5 Å². The van der Waals surface area contributed by atoms with Crippen LogP contribution in [0.4, 0.5) is 4.79 Å². The van der Waals surface area contributed by atoms with Crippen LogP contribution in [0, 0.1) is 0 Å². The standard InChI is InChI=1S/C5H7Cl2NO2/c1-5(2-6)3-10-4(9)8(5)7/h2-3H2,1H3/t5-/m1/s1. The van der Waals surface area contributed by atoms with Crippen molar-refractivity contribution in [2.75, 3.05) is 12.5 Å². The van der Waals surface area contributed by atoms with Gasteiger partial charge in [0, 0.05) is 11.8 Å². The third-order valence-electron chi connectivity index (χ3n) is 1.43. The average Bonchev–Trinajstić information content (AvgIpc) is 2.19. The van der Waals surface area contributed by atoms with Crippen molar-refractivity contribution in [3.8, 4) is 0 Å². The fourth-order valence-corrected chi connectivity index (χ4v) is 1.06. The number of hydrogen-bond acceptors (Lipinski definition) is 2. The Hall–Kier alpha value is -0.150. The van der Waals surface area contributed by atoms with E-state index in [2.05, 4.69) is 4.74 Å². The summed E-state index contributed by atoms with van der Waals surface area (Å²) in [7, 11) is 0. The molecule has 0 radical (unpaired) electrons. The van der Waals surface area contributed by atoms with E-state index in [4.69, 9.17) is 23.4 Å². The fraction of sp³-hybridized carbons (Fsp3) is 0.800. The smallest absolute Gasteiger partial charge is 0.425 e. The summed E-state index contributed by atoms with van der Waals surface area (Å²) in [6, 6.07) is 0. The molecule has 0 N–H and O–H groups in total. The van der Waals surface area contributed by atoms with Gasteiger partial charge in [-0.1, -0.05) is 0 Å². The monoisotopic (exact) mass is 183 g/mol. The van der Waals surface area contributed by atoms with E-state index in [0.29, 0.717) is 0 Å². The van der Waals surface area contributed by atoms with Gasteiger partial charge in [0.2, 0.25) is 0 Å². The zero-order chi connectivity index (χ0) is 7.78. The van der Waals surface area contributed by atoms with Crippen molar-refractivity contribution in [3.05, 3.63) is 0 Å². The van der Waals surface area contributed by atoms with E-state index in [1.165, 1.54) is 0 Å². The van der Waals surface area contributed by atoms with Gasteiger partial charge in [0.1, 0.15) is 12.1 Å². The summed E-state index contributed by atoms with van der Waals surface area (Å²) in [5.41, 5.74) is -0.541. The van der Waals surface area contributed by atoms with Gasteiger partial charge in [0.05, 0.1) is 5.88 Å². The summed E-state index contributed by atoms with van der Waals surface area (Å²) < 4.78 is 5.64. The number of rotatable bonds is 1. The number of alkyl halides is 1. The normalized spacial score (nSPS) is 32.7. The fourth-order valence-electron chi connectivity index (χ4n) is 0.642. The van der Waals surface area contributed by atoms with Crippen molar-refractivity contribution in [2.45, 2.75) is 12.5 Å². The first kappa shape index (κ1) is 7.95. The Morgan fingerprint density at radius 3 is 2.70 bits per heavy atom. The highest BCUT2D eigenvalue weighted by molar-refractivity contribution is 6.23. The van der Waals surface area contributed by atoms with Crippen molar-refractivity contribution < 1.29 is 9.53 Å². The van der Waals surface area contributed by atoms with Crippen molar-refractivity contribution in [1.82, 2.24) is 4.42 Å². The van der Waals surface area contributed by atoms with Crippen LogP contribution in [0.1, 0.15) is 6.92 Å². The summed E-state index contributed by atoms with van der Waals surface area (Å²) in [4.78, 5) is 10.7. The first-order valence-electron chi connectivity index (χ1n) is 2.79. The van der Waals surface area contributed by atoms with Crippen LogP contribution in [0.3, 0.4) is 0 Å². The Bertz CT molecular complexity index is 164. The molecule has 0 aromatic carbocycles. The number of amides is 1. The van der Waals surface area contributed by atoms with Gasteiger partial charge in [-0.2, -0.15) is 0 Å². The first-order chi connectivity index (χ1) is 4.60. The minimum atomic E-state index is -0.541. The van der Waals surface area contributed by atoms with Crippen molar-refractivity contribution in [3.63, 3.8) is 0 Å². The highest BCUT2D eigenvalue weighted by Crippen LogP contribution is 2.26. The predicted molar refractivity (Wildman–Crippen MR) is 38.2 cm³/mol. The summed E-state index contributed by atoms with van der Waals surface area (Å²) in [6.07, 6.45) is -0.523. The Balaban J connectivity index is 2.73. The molecule has 0 unspecified atom stereocenters. The first-order valence-corrected chi connectivity index (χ1v) is 3.66. The lowest BCUT2D eigenvalue weighted by Gasteiger charge is -2.22. The summed E-state index contributed by atoms with van der Waals surface area (Å²) in [5.74, 6) is 0.280. The van der Waals surface area contributed by atoms with Crippen LogP contribution in [0.5, 0.6) is 0 Å². The van der Waals surface area contributed by atoms with Crippen molar-refractivity contribution in [1.29, 1.82) is 0 Å². The lowest BCUT2D eigenvalue weighted by Crippen LogP contribution is -2.40. The molecule has 0 spiro atoms. The van der Waals surface area contributed by atoms with E-state index in [-0.39, 0.29) is 12.5 Å². The van der Waals surface area contributed by atoms with Crippen molar-refractivity contribution in [2.24, 2.45) is 0 Å². The van der Waals surface area contributed by atoms with Crippen LogP contribution in [0.25, 0.3) is 0 Å². The number of hydrogen-bond donors (Lipinski definition) is 0. The largest absolute Gasteiger partial charge is 0.446 e. The van der Waals surface area contributed by atoms with Gasteiger partial charge in [0.25, 0.3) is 0 Å². The van der Waals surface area contributed by atoms with E-state index in [0.717, 1.165) is 4.42 Å². The molecular weight excluding hydrogens is 177 g/mol. The average molecular weight is 184 g/mol. The molecule has 0 aliphatic carbocycles. The molecule has 0 aromatic heterocycles. The molecule has 5 heteroatoms. The zero-order valence-electron chi connectivity index (χ0n) is 5.43. The molecule has 1 atom stereocenters. The third-order valence-corrected chi connectivity index (χ3v) is 2.55. The van der Waals surface area contributed by atoms with Gasteiger partial charge in [-0.3, -0.25) is 0 Å². The quantitative estimate of drug-likeness (QED) is 0.457. The SMILES string of the molecule is C[C@@]1(CCl)COC(=O)N1Cl. The molecular formula is C5H7Cl2NO2. The predicted octanol–water partition coefficient (Wildman–Crippen LogP) is 1.59. The Morgan fingerprint density at radius 1 is 1.90 bits per heavy atom. The van der Waals surface area contributed by atoms with Crippen LogP contribution >= 0.6 is 23.4 Å². The maximum atomic E-state index is 10.7. The Kier molecular flexibility index (Phi) is 1.97. The maximum Gasteiger partial charge on any atom is 0.425 e. The lowest BCUT2D eigenvalue weighted by molar-refractivity contribution is 0.170. The molecule has 1 heterocycles. The van der Waals surface area contributed by atoms with Crippen LogP contribution in [-0.2, 0) is 4.74 Å². The highest BCUT2D eigenvalue weighted by Gasteiger charge is 2.42. The molecule has 1 amide bonds. The topological polar surface area (TPSA) is 29.5 Å². The Morgan fingerprint density at radius 2 is 2.50 bits per heavy atom. The van der Waals surface area contributed by atoms with Crippen LogP contribution < -0.4 is 0 Å². The minimum absolute atomic E-state index is 0.263. The number of carbonyl (C=O) groups is 1. The van der Waals surface area contributed by atoms with Gasteiger partial charge < -0.3 is 4.74 Å². The van der Waals surface area contributed by atoms with E-state index in [1.807, 2.05) is 0 Å². The maximum absolute atomic E-state index is 10.7. The molecule has 58 valence electrons. The van der Waals surface area contributed by atoms with E-state index in [1.54, 1.807) is 6.92 Å². The molecule has 10 heavy (non-hydrogen) atoms. The number of nitrogens with zero attached hydrogens (tertiary/aromatic N) is 1. The molecule has 0 saturated carbocycles.